The normalized spacial score (nSPS) is 45.8. The minimum atomic E-state index is -0.0594. The Morgan fingerprint density at radius 2 is 2.08 bits per heavy atom. The first-order chi connectivity index (χ1) is 6.20. The number of hydrogen-bond acceptors (Lipinski definition) is 1. The number of allylic oxidation sites excluding steroid dienone is 1. The highest BCUT2D eigenvalue weighted by molar-refractivity contribution is 5.09. The zero-order valence-corrected chi connectivity index (χ0v) is 8.50. The van der Waals surface area contributed by atoms with E-state index >= 15 is 0 Å². The molecule has 0 saturated heterocycles. The highest BCUT2D eigenvalue weighted by atomic mass is 16.3. The third-order valence-electron chi connectivity index (χ3n) is 4.03. The van der Waals surface area contributed by atoms with Gasteiger partial charge >= 0.3 is 0 Å². The summed E-state index contributed by atoms with van der Waals surface area (Å²) in [5, 5.41) is 10.0. The molecule has 0 heterocycles. The van der Waals surface area contributed by atoms with E-state index in [-0.39, 0.29) is 6.10 Å². The van der Waals surface area contributed by atoms with E-state index in [1.54, 1.807) is 0 Å². The van der Waals surface area contributed by atoms with Gasteiger partial charge in [-0.2, -0.15) is 0 Å². The molecule has 0 radical (unpaired) electrons. The van der Waals surface area contributed by atoms with E-state index in [1.807, 2.05) is 0 Å². The lowest BCUT2D eigenvalue weighted by Crippen LogP contribution is -2.40. The highest BCUT2D eigenvalue weighted by Gasteiger charge is 2.38. The molecular weight excluding hydrogens is 160 g/mol. The summed E-state index contributed by atoms with van der Waals surface area (Å²) in [5.41, 5.74) is 1.40. The molecule has 2 fully saturated rings. The van der Waals surface area contributed by atoms with Crippen molar-refractivity contribution in [2.75, 3.05) is 0 Å². The van der Waals surface area contributed by atoms with Crippen molar-refractivity contribution in [1.82, 2.24) is 0 Å². The van der Waals surface area contributed by atoms with Gasteiger partial charge in [0.05, 0.1) is 6.10 Å². The second-order valence-electron chi connectivity index (χ2n) is 4.87. The Morgan fingerprint density at radius 3 is 2.85 bits per heavy atom. The molecule has 0 aromatic heterocycles. The van der Waals surface area contributed by atoms with Crippen molar-refractivity contribution in [3.05, 3.63) is 12.2 Å². The van der Waals surface area contributed by atoms with E-state index in [2.05, 4.69) is 13.5 Å². The van der Waals surface area contributed by atoms with Crippen molar-refractivity contribution in [2.45, 2.75) is 45.1 Å². The van der Waals surface area contributed by atoms with Crippen LogP contribution < -0.4 is 0 Å². The maximum atomic E-state index is 10.0. The first-order valence-corrected chi connectivity index (χ1v) is 5.56. The van der Waals surface area contributed by atoms with Gasteiger partial charge in [0.2, 0.25) is 0 Å². The maximum absolute atomic E-state index is 10.0. The predicted octanol–water partition coefficient (Wildman–Crippen LogP) is 2.75. The first kappa shape index (κ1) is 9.26. The van der Waals surface area contributed by atoms with Gasteiger partial charge in [0, 0.05) is 0 Å². The van der Waals surface area contributed by atoms with E-state index < -0.39 is 0 Å². The Labute approximate surface area is 80.8 Å². The summed E-state index contributed by atoms with van der Waals surface area (Å²) in [6.07, 6.45) is 6.04. The maximum Gasteiger partial charge on any atom is 0.0599 e. The topological polar surface area (TPSA) is 20.2 Å². The van der Waals surface area contributed by atoms with Crippen LogP contribution in [0.4, 0.5) is 0 Å². The van der Waals surface area contributed by atoms with Crippen LogP contribution in [0.15, 0.2) is 12.2 Å². The van der Waals surface area contributed by atoms with Crippen molar-refractivity contribution in [3.63, 3.8) is 0 Å². The summed E-state index contributed by atoms with van der Waals surface area (Å²) in [5.74, 6) is 1.68. The first-order valence-electron chi connectivity index (χ1n) is 5.56. The van der Waals surface area contributed by atoms with Crippen LogP contribution in [-0.4, -0.2) is 11.2 Å². The molecule has 0 aromatic carbocycles. The largest absolute Gasteiger partial charge is 0.393 e. The molecule has 2 aliphatic carbocycles. The fourth-order valence-corrected chi connectivity index (χ4v) is 3.12. The van der Waals surface area contributed by atoms with E-state index in [0.29, 0.717) is 17.8 Å². The molecular formula is C12H20O. The van der Waals surface area contributed by atoms with Crippen LogP contribution in [0, 0.1) is 17.8 Å². The molecule has 2 rings (SSSR count). The minimum absolute atomic E-state index is 0.0594. The van der Waals surface area contributed by atoms with E-state index in [9.17, 15) is 5.11 Å². The van der Waals surface area contributed by atoms with E-state index in [0.717, 1.165) is 0 Å². The number of fused-ring (bicyclic) bond motifs is 1. The molecule has 4 atom stereocenters. The smallest absolute Gasteiger partial charge is 0.0599 e. The lowest BCUT2D eigenvalue weighted by atomic mass is 9.64. The van der Waals surface area contributed by atoms with Gasteiger partial charge in [-0.15, -0.1) is 0 Å². The molecule has 13 heavy (non-hydrogen) atoms. The standard InChI is InChI=1S/C12H20O/c1-8-4-3-5-11-10(8)7-6-9(2)12(11)13/h9-13H,1,3-7H2,2H3/t9-,10-,11+,12+/m0/s1. The SMILES string of the molecule is C=C1CCC[C@H]2[C@H](O)[C@@H](C)CC[C@@H]12. The van der Waals surface area contributed by atoms with Crippen LogP contribution in [0.2, 0.25) is 0 Å². The van der Waals surface area contributed by atoms with Crippen LogP contribution in [0.1, 0.15) is 39.0 Å². The van der Waals surface area contributed by atoms with Gasteiger partial charge in [-0.1, -0.05) is 19.1 Å². The van der Waals surface area contributed by atoms with Crippen LogP contribution in [0.3, 0.4) is 0 Å². The van der Waals surface area contributed by atoms with Gasteiger partial charge in [0.1, 0.15) is 0 Å². The highest BCUT2D eigenvalue weighted by Crippen LogP contribution is 2.44. The minimum Gasteiger partial charge on any atom is -0.393 e. The number of hydrogen-bond donors (Lipinski definition) is 1. The van der Waals surface area contributed by atoms with Crippen LogP contribution >= 0.6 is 0 Å². The van der Waals surface area contributed by atoms with Gasteiger partial charge in [0.15, 0.2) is 0 Å². The monoisotopic (exact) mass is 180 g/mol. The zero-order valence-electron chi connectivity index (χ0n) is 8.50. The fraction of sp³-hybridized carbons (Fsp3) is 0.833. The molecule has 1 nitrogen and oxygen atoms in total. The van der Waals surface area contributed by atoms with E-state index in [4.69, 9.17) is 0 Å². The van der Waals surface area contributed by atoms with Gasteiger partial charge in [-0.05, 0) is 49.9 Å². The fourth-order valence-electron chi connectivity index (χ4n) is 3.12. The summed E-state index contributed by atoms with van der Waals surface area (Å²) >= 11 is 0. The van der Waals surface area contributed by atoms with Crippen molar-refractivity contribution in [1.29, 1.82) is 0 Å². The molecule has 0 unspecified atom stereocenters. The van der Waals surface area contributed by atoms with Crippen LogP contribution in [0.25, 0.3) is 0 Å². The van der Waals surface area contributed by atoms with Crippen LogP contribution in [0.5, 0.6) is 0 Å². The van der Waals surface area contributed by atoms with Crippen molar-refractivity contribution in [3.8, 4) is 0 Å². The lowest BCUT2D eigenvalue weighted by Gasteiger charge is -2.43. The zero-order chi connectivity index (χ0) is 9.42. The Morgan fingerprint density at radius 1 is 1.31 bits per heavy atom. The van der Waals surface area contributed by atoms with Gasteiger partial charge in [-0.3, -0.25) is 0 Å². The van der Waals surface area contributed by atoms with Crippen LogP contribution in [-0.2, 0) is 0 Å². The molecule has 0 amide bonds. The van der Waals surface area contributed by atoms with Crippen molar-refractivity contribution in [2.24, 2.45) is 17.8 Å². The van der Waals surface area contributed by atoms with Gasteiger partial charge < -0.3 is 5.11 Å². The average Bonchev–Trinajstić information content (AvgIpc) is 2.12. The number of rotatable bonds is 0. The summed E-state index contributed by atoms with van der Waals surface area (Å²) in [7, 11) is 0. The average molecular weight is 180 g/mol. The Bertz CT molecular complexity index is 209. The quantitative estimate of drug-likeness (QED) is 0.568. The molecule has 0 bridgehead atoms. The molecule has 0 spiro atoms. The molecule has 74 valence electrons. The van der Waals surface area contributed by atoms with Crippen molar-refractivity contribution < 1.29 is 5.11 Å². The Hall–Kier alpha value is -0.300. The Balaban J connectivity index is 2.12. The molecule has 2 saturated carbocycles. The molecule has 1 N–H and O–H groups in total. The molecule has 0 aliphatic heterocycles. The summed E-state index contributed by atoms with van der Waals surface area (Å²) in [4.78, 5) is 0. The Kier molecular flexibility index (Phi) is 2.46. The third-order valence-corrected chi connectivity index (χ3v) is 4.03. The number of aliphatic hydroxyl groups excluding tert-OH is 1. The second-order valence-corrected chi connectivity index (χ2v) is 4.87. The summed E-state index contributed by atoms with van der Waals surface area (Å²) < 4.78 is 0. The molecule has 0 aromatic rings. The second kappa shape index (κ2) is 3.45. The molecule has 1 heteroatoms. The van der Waals surface area contributed by atoms with Gasteiger partial charge in [-0.25, -0.2) is 0 Å². The molecule has 2 aliphatic rings. The number of aliphatic hydroxyl groups is 1. The van der Waals surface area contributed by atoms with Crippen molar-refractivity contribution >= 4 is 0 Å². The summed E-state index contributed by atoms with van der Waals surface area (Å²) in [6.45, 7) is 6.33. The predicted molar refractivity (Wildman–Crippen MR) is 54.4 cm³/mol. The third kappa shape index (κ3) is 1.54. The lowest BCUT2D eigenvalue weighted by molar-refractivity contribution is -0.0101. The summed E-state index contributed by atoms with van der Waals surface area (Å²) in [6, 6.07) is 0. The van der Waals surface area contributed by atoms with Gasteiger partial charge in [0.25, 0.3) is 0 Å². The van der Waals surface area contributed by atoms with E-state index in [1.165, 1.54) is 37.7 Å².